The molecule has 1 aromatic carbocycles. The summed E-state index contributed by atoms with van der Waals surface area (Å²) in [5.41, 5.74) is 0.606. The zero-order chi connectivity index (χ0) is 15.0. The first kappa shape index (κ1) is 15.2. The average Bonchev–Trinajstić information content (AvgIpc) is 2.37. The van der Waals surface area contributed by atoms with Gasteiger partial charge in [0.25, 0.3) is 0 Å². The Balaban J connectivity index is 2.27. The van der Waals surface area contributed by atoms with Crippen LogP contribution < -0.4 is 0 Å². The topological polar surface area (TPSA) is 35.5 Å². The summed E-state index contributed by atoms with van der Waals surface area (Å²) in [7, 11) is 0. The fraction of sp³-hybridized carbons (Fsp3) is 0.588. The Bertz CT molecular complexity index is 471. The van der Waals surface area contributed by atoms with E-state index in [9.17, 15) is 4.79 Å². The van der Waals surface area contributed by atoms with E-state index in [0.29, 0.717) is 6.61 Å². The van der Waals surface area contributed by atoms with Gasteiger partial charge in [0, 0.05) is 5.56 Å². The molecule has 0 aliphatic carbocycles. The lowest BCUT2D eigenvalue weighted by Gasteiger charge is -2.46. The van der Waals surface area contributed by atoms with Crippen molar-refractivity contribution in [2.24, 2.45) is 11.3 Å². The second-order valence-corrected chi connectivity index (χ2v) is 6.95. The van der Waals surface area contributed by atoms with Crippen LogP contribution in [0.2, 0.25) is 0 Å². The second kappa shape index (κ2) is 5.30. The minimum Gasteiger partial charge on any atom is -0.350 e. The molecule has 2 atom stereocenters. The van der Waals surface area contributed by atoms with Gasteiger partial charge in [0.2, 0.25) is 0 Å². The third-order valence-electron chi connectivity index (χ3n) is 3.64. The normalized spacial score (nSPS) is 26.2. The number of hydrogen-bond acceptors (Lipinski definition) is 3. The second-order valence-electron chi connectivity index (χ2n) is 6.95. The summed E-state index contributed by atoms with van der Waals surface area (Å²) in [6.45, 7) is 10.5. The van der Waals surface area contributed by atoms with Crippen LogP contribution >= 0.6 is 0 Å². The Labute approximate surface area is 121 Å². The number of hydrogen-bond donors (Lipinski definition) is 0. The minimum absolute atomic E-state index is 0.0982. The molecule has 0 bridgehead atoms. The van der Waals surface area contributed by atoms with Crippen LogP contribution in [0.3, 0.4) is 0 Å². The highest BCUT2D eigenvalue weighted by atomic mass is 16.7. The summed E-state index contributed by atoms with van der Waals surface area (Å²) in [4.78, 5) is 12.7. The summed E-state index contributed by atoms with van der Waals surface area (Å²) in [5, 5.41) is 0. The van der Waals surface area contributed by atoms with E-state index in [4.69, 9.17) is 9.47 Å². The smallest absolute Gasteiger partial charge is 0.170 e. The van der Waals surface area contributed by atoms with Crippen LogP contribution in [0.4, 0.5) is 0 Å². The van der Waals surface area contributed by atoms with Gasteiger partial charge in [-0.2, -0.15) is 0 Å². The van der Waals surface area contributed by atoms with Crippen LogP contribution in [0.1, 0.15) is 45.0 Å². The van der Waals surface area contributed by atoms with Gasteiger partial charge in [-0.25, -0.2) is 0 Å². The fourth-order valence-corrected chi connectivity index (χ4v) is 2.61. The van der Waals surface area contributed by atoms with Crippen molar-refractivity contribution in [1.82, 2.24) is 0 Å². The predicted molar refractivity (Wildman–Crippen MR) is 78.6 cm³/mol. The summed E-state index contributed by atoms with van der Waals surface area (Å²) in [6.07, 6.45) is -0.154. The summed E-state index contributed by atoms with van der Waals surface area (Å²) < 4.78 is 11.8. The van der Waals surface area contributed by atoms with Crippen molar-refractivity contribution in [2.45, 2.75) is 46.5 Å². The number of Topliss-reactive ketones (excluding diaryl/α,β-unsaturated/α-hetero) is 1. The van der Waals surface area contributed by atoms with Gasteiger partial charge in [0.1, 0.15) is 0 Å². The molecule has 3 nitrogen and oxygen atoms in total. The first-order chi connectivity index (χ1) is 9.21. The number of rotatable bonds is 2. The van der Waals surface area contributed by atoms with Crippen LogP contribution in [-0.2, 0) is 9.47 Å². The summed E-state index contributed by atoms with van der Waals surface area (Å²) in [6, 6.07) is 9.38. The molecule has 0 saturated carbocycles. The van der Waals surface area contributed by atoms with Crippen molar-refractivity contribution < 1.29 is 14.3 Å². The lowest BCUT2D eigenvalue weighted by atomic mass is 9.77. The molecule has 2 rings (SSSR count). The SMILES string of the molecule is CC1(C)OC[C@@H](C(=O)c2ccccc2)[C@H](C(C)(C)C)O1. The maximum atomic E-state index is 12.7. The molecule has 0 aromatic heterocycles. The van der Waals surface area contributed by atoms with Gasteiger partial charge in [-0.1, -0.05) is 51.1 Å². The summed E-state index contributed by atoms with van der Waals surface area (Å²) >= 11 is 0. The molecule has 3 heteroatoms. The van der Waals surface area contributed by atoms with Crippen molar-refractivity contribution in [2.75, 3.05) is 6.61 Å². The standard InChI is InChI=1S/C17H24O3/c1-16(2,3)15-13(11-19-17(4,5)20-15)14(18)12-9-7-6-8-10-12/h6-10,13,15H,11H2,1-5H3/t13-,15+/m0/s1. The first-order valence-electron chi connectivity index (χ1n) is 7.12. The van der Waals surface area contributed by atoms with Gasteiger partial charge in [-0.3, -0.25) is 4.79 Å². The molecule has 0 N–H and O–H groups in total. The van der Waals surface area contributed by atoms with Gasteiger partial charge in [-0.15, -0.1) is 0 Å². The lowest BCUT2D eigenvalue weighted by Crippen LogP contribution is -2.53. The molecule has 0 spiro atoms. The van der Waals surface area contributed by atoms with E-state index in [0.717, 1.165) is 5.56 Å². The van der Waals surface area contributed by atoms with Crippen LogP contribution in [0.25, 0.3) is 0 Å². The van der Waals surface area contributed by atoms with E-state index in [1.807, 2.05) is 44.2 Å². The Morgan fingerprint density at radius 2 is 1.80 bits per heavy atom. The van der Waals surface area contributed by atoms with Crippen LogP contribution in [0.5, 0.6) is 0 Å². The first-order valence-corrected chi connectivity index (χ1v) is 7.12. The van der Waals surface area contributed by atoms with E-state index >= 15 is 0 Å². The number of ketones is 1. The number of carbonyl (C=O) groups is 1. The van der Waals surface area contributed by atoms with Gasteiger partial charge in [0.05, 0.1) is 18.6 Å². The van der Waals surface area contributed by atoms with Crippen molar-refractivity contribution >= 4 is 5.78 Å². The average molecular weight is 276 g/mol. The van der Waals surface area contributed by atoms with E-state index in [1.54, 1.807) is 0 Å². The van der Waals surface area contributed by atoms with Crippen LogP contribution in [0.15, 0.2) is 30.3 Å². The Hall–Kier alpha value is -1.19. The molecule has 20 heavy (non-hydrogen) atoms. The maximum Gasteiger partial charge on any atom is 0.170 e. The van der Waals surface area contributed by atoms with Crippen LogP contribution in [-0.4, -0.2) is 24.3 Å². The maximum absolute atomic E-state index is 12.7. The van der Waals surface area contributed by atoms with Crippen molar-refractivity contribution in [3.05, 3.63) is 35.9 Å². The molecular formula is C17H24O3. The summed E-state index contributed by atoms with van der Waals surface area (Å²) in [5.74, 6) is -0.794. The minimum atomic E-state index is -0.634. The monoisotopic (exact) mass is 276 g/mol. The van der Waals surface area contributed by atoms with Crippen molar-refractivity contribution in [1.29, 1.82) is 0 Å². The largest absolute Gasteiger partial charge is 0.350 e. The highest BCUT2D eigenvalue weighted by Crippen LogP contribution is 2.37. The van der Waals surface area contributed by atoms with E-state index < -0.39 is 5.79 Å². The van der Waals surface area contributed by atoms with Gasteiger partial charge in [0.15, 0.2) is 11.6 Å². The molecule has 1 saturated heterocycles. The molecule has 1 fully saturated rings. The quantitative estimate of drug-likeness (QED) is 0.773. The fourth-order valence-electron chi connectivity index (χ4n) is 2.61. The molecule has 1 aliphatic heterocycles. The highest BCUT2D eigenvalue weighted by Gasteiger charge is 2.45. The van der Waals surface area contributed by atoms with E-state index in [2.05, 4.69) is 20.8 Å². The van der Waals surface area contributed by atoms with E-state index in [1.165, 1.54) is 0 Å². The van der Waals surface area contributed by atoms with Gasteiger partial charge in [-0.05, 0) is 19.3 Å². The number of benzene rings is 1. The Morgan fingerprint density at radius 3 is 2.35 bits per heavy atom. The third-order valence-corrected chi connectivity index (χ3v) is 3.64. The number of carbonyl (C=O) groups excluding carboxylic acids is 1. The Kier molecular flexibility index (Phi) is 4.03. The molecular weight excluding hydrogens is 252 g/mol. The number of ether oxygens (including phenoxy) is 2. The highest BCUT2D eigenvalue weighted by molar-refractivity contribution is 5.98. The zero-order valence-corrected chi connectivity index (χ0v) is 13.0. The van der Waals surface area contributed by atoms with Gasteiger partial charge < -0.3 is 9.47 Å². The predicted octanol–water partition coefficient (Wildman–Crippen LogP) is 3.68. The molecule has 0 unspecified atom stereocenters. The molecule has 1 heterocycles. The molecule has 0 radical (unpaired) electrons. The lowest BCUT2D eigenvalue weighted by molar-refractivity contribution is -0.302. The molecule has 1 aliphatic rings. The molecule has 1 aromatic rings. The zero-order valence-electron chi connectivity index (χ0n) is 13.0. The Morgan fingerprint density at radius 1 is 1.20 bits per heavy atom. The molecule has 0 amide bonds. The van der Waals surface area contributed by atoms with Crippen LogP contribution in [0, 0.1) is 11.3 Å². The van der Waals surface area contributed by atoms with E-state index in [-0.39, 0.29) is 23.2 Å². The third kappa shape index (κ3) is 3.28. The van der Waals surface area contributed by atoms with Gasteiger partial charge >= 0.3 is 0 Å². The van der Waals surface area contributed by atoms with Crippen molar-refractivity contribution in [3.63, 3.8) is 0 Å². The molecule has 110 valence electrons. The van der Waals surface area contributed by atoms with Crippen molar-refractivity contribution in [3.8, 4) is 0 Å².